The molecule has 5 atom stereocenters. The highest BCUT2D eigenvalue weighted by Crippen LogP contribution is 2.39. The molecule has 0 aromatic heterocycles. The van der Waals surface area contributed by atoms with Gasteiger partial charge in [-0.3, -0.25) is 4.90 Å². The van der Waals surface area contributed by atoms with Gasteiger partial charge >= 0.3 is 0 Å². The molecule has 0 amide bonds. The van der Waals surface area contributed by atoms with Gasteiger partial charge in [-0.1, -0.05) is 30.3 Å². The van der Waals surface area contributed by atoms with Crippen molar-refractivity contribution in [3.8, 4) is 0 Å². The smallest absolute Gasteiger partial charge is 0.190 e. The second-order valence-corrected chi connectivity index (χ2v) is 7.20. The van der Waals surface area contributed by atoms with E-state index in [1.807, 2.05) is 19.9 Å². The fourth-order valence-electron chi connectivity index (χ4n) is 4.04. The summed E-state index contributed by atoms with van der Waals surface area (Å²) in [7, 11) is 0. The van der Waals surface area contributed by atoms with Crippen molar-refractivity contribution in [2.24, 2.45) is 0 Å². The molecule has 1 aromatic rings. The number of aliphatic hydroxyl groups is 1. The lowest BCUT2D eigenvalue weighted by Crippen LogP contribution is -2.41. The van der Waals surface area contributed by atoms with E-state index in [0.29, 0.717) is 12.6 Å². The third-order valence-corrected chi connectivity index (χ3v) is 5.08. The zero-order chi connectivity index (χ0) is 16.0. The zero-order valence-electron chi connectivity index (χ0n) is 13.7. The first-order valence-corrected chi connectivity index (χ1v) is 8.52. The molecule has 0 unspecified atom stereocenters. The average molecular weight is 319 g/mol. The van der Waals surface area contributed by atoms with Crippen LogP contribution in [-0.2, 0) is 14.2 Å². The summed E-state index contributed by atoms with van der Waals surface area (Å²) >= 11 is 0. The van der Waals surface area contributed by atoms with Gasteiger partial charge in [-0.25, -0.2) is 0 Å². The van der Waals surface area contributed by atoms with Gasteiger partial charge in [-0.15, -0.1) is 0 Å². The Bertz CT molecular complexity index is 549. The summed E-state index contributed by atoms with van der Waals surface area (Å²) in [6, 6.07) is 11.0. The molecular formula is C18H25NO4. The van der Waals surface area contributed by atoms with E-state index in [2.05, 4.69) is 29.2 Å². The summed E-state index contributed by atoms with van der Waals surface area (Å²) < 4.78 is 17.4. The van der Waals surface area contributed by atoms with Crippen LogP contribution in [-0.4, -0.2) is 53.5 Å². The largest absolute Gasteiger partial charge is 0.387 e. The van der Waals surface area contributed by atoms with Gasteiger partial charge in [-0.05, 0) is 38.8 Å². The second kappa shape index (κ2) is 5.83. The summed E-state index contributed by atoms with van der Waals surface area (Å²) in [5.74, 6) is -0.679. The van der Waals surface area contributed by atoms with Crippen molar-refractivity contribution in [3.63, 3.8) is 0 Å². The van der Waals surface area contributed by atoms with Crippen LogP contribution in [0.1, 0.15) is 38.3 Å². The van der Waals surface area contributed by atoms with Gasteiger partial charge < -0.3 is 19.3 Å². The second-order valence-electron chi connectivity index (χ2n) is 7.20. The molecule has 1 N–H and O–H groups in total. The maximum atomic E-state index is 10.6. The van der Waals surface area contributed by atoms with Gasteiger partial charge in [0.05, 0.1) is 0 Å². The number of aliphatic hydroxyl groups excluding tert-OH is 1. The Morgan fingerprint density at radius 1 is 1.22 bits per heavy atom. The van der Waals surface area contributed by atoms with Crippen LogP contribution in [0.4, 0.5) is 0 Å². The Morgan fingerprint density at radius 2 is 2.00 bits per heavy atom. The predicted molar refractivity (Wildman–Crippen MR) is 84.7 cm³/mol. The highest BCUT2D eigenvalue weighted by atomic mass is 16.8. The summed E-state index contributed by atoms with van der Waals surface area (Å²) in [6.07, 6.45) is 0.592. The lowest BCUT2D eigenvalue weighted by Gasteiger charge is -2.30. The summed E-state index contributed by atoms with van der Waals surface area (Å²) in [5.41, 5.74) is 1.34. The van der Waals surface area contributed by atoms with E-state index in [0.717, 1.165) is 13.0 Å². The average Bonchev–Trinajstić information content (AvgIpc) is 3.17. The number of nitrogens with zero attached hydrogens (tertiary/aromatic N) is 1. The minimum absolute atomic E-state index is 0.259. The Hall–Kier alpha value is -0.980. The molecule has 3 fully saturated rings. The first-order valence-electron chi connectivity index (χ1n) is 8.52. The maximum Gasteiger partial charge on any atom is 0.190 e. The molecule has 0 spiro atoms. The van der Waals surface area contributed by atoms with Crippen molar-refractivity contribution < 1.29 is 19.3 Å². The topological polar surface area (TPSA) is 51.2 Å². The Balaban J connectivity index is 1.43. The van der Waals surface area contributed by atoms with Crippen LogP contribution in [0.3, 0.4) is 0 Å². The summed E-state index contributed by atoms with van der Waals surface area (Å²) in [5, 5.41) is 10.6. The quantitative estimate of drug-likeness (QED) is 0.924. The summed E-state index contributed by atoms with van der Waals surface area (Å²) in [6.45, 7) is 5.44. The first-order chi connectivity index (χ1) is 11.0. The van der Waals surface area contributed by atoms with E-state index < -0.39 is 18.2 Å². The van der Waals surface area contributed by atoms with E-state index in [-0.39, 0.29) is 12.2 Å². The highest BCUT2D eigenvalue weighted by Gasteiger charge is 2.54. The van der Waals surface area contributed by atoms with Crippen molar-refractivity contribution in [3.05, 3.63) is 35.9 Å². The number of rotatable bonds is 3. The molecule has 5 nitrogen and oxygen atoms in total. The molecule has 4 rings (SSSR count). The standard InChI is InChI=1S/C18H25NO4/c1-18(2)22-16-15(20)14(21-17(16)23-18)11-19-10-6-9-13(19)12-7-4-3-5-8-12/h3-5,7-8,13-17,20H,6,9-11H2,1-2H3/t13-,14+,15-,16+,17+/m0/s1. The van der Waals surface area contributed by atoms with E-state index in [1.165, 1.54) is 12.0 Å². The van der Waals surface area contributed by atoms with E-state index in [1.54, 1.807) is 0 Å². The number of ether oxygens (including phenoxy) is 3. The maximum absolute atomic E-state index is 10.6. The van der Waals surface area contributed by atoms with Crippen molar-refractivity contribution in [1.82, 2.24) is 4.90 Å². The molecule has 23 heavy (non-hydrogen) atoms. The van der Waals surface area contributed by atoms with Gasteiger partial charge in [0.2, 0.25) is 0 Å². The van der Waals surface area contributed by atoms with Crippen LogP contribution in [0, 0.1) is 0 Å². The third kappa shape index (κ3) is 2.92. The SMILES string of the molecule is CC1(C)O[C@H]2O[C@H](CN3CCC[C@H]3c3ccccc3)[C@H](O)[C@H]2O1. The zero-order valence-corrected chi connectivity index (χ0v) is 13.7. The summed E-state index contributed by atoms with van der Waals surface area (Å²) in [4.78, 5) is 2.41. The molecule has 3 aliphatic heterocycles. The molecule has 1 aromatic carbocycles. The van der Waals surface area contributed by atoms with Crippen molar-refractivity contribution >= 4 is 0 Å². The lowest BCUT2D eigenvalue weighted by molar-refractivity contribution is -0.216. The minimum Gasteiger partial charge on any atom is -0.387 e. The third-order valence-electron chi connectivity index (χ3n) is 5.08. The first kappa shape index (κ1) is 15.5. The van der Waals surface area contributed by atoms with E-state index in [4.69, 9.17) is 14.2 Å². The number of hydrogen-bond donors (Lipinski definition) is 1. The van der Waals surface area contributed by atoms with Crippen molar-refractivity contribution in [2.75, 3.05) is 13.1 Å². The van der Waals surface area contributed by atoms with E-state index in [9.17, 15) is 5.11 Å². The molecule has 3 aliphatic rings. The predicted octanol–water partition coefficient (Wildman–Crippen LogP) is 2.06. The fourth-order valence-corrected chi connectivity index (χ4v) is 4.04. The van der Waals surface area contributed by atoms with Gasteiger partial charge in [0.25, 0.3) is 0 Å². The Kier molecular flexibility index (Phi) is 3.94. The van der Waals surface area contributed by atoms with E-state index >= 15 is 0 Å². The number of fused-ring (bicyclic) bond motifs is 1. The van der Waals surface area contributed by atoms with Crippen LogP contribution in [0.25, 0.3) is 0 Å². The van der Waals surface area contributed by atoms with Crippen LogP contribution < -0.4 is 0 Å². The number of benzene rings is 1. The molecule has 0 aliphatic carbocycles. The number of hydrogen-bond acceptors (Lipinski definition) is 5. The van der Waals surface area contributed by atoms with Crippen LogP contribution in [0.2, 0.25) is 0 Å². The van der Waals surface area contributed by atoms with Crippen LogP contribution in [0.5, 0.6) is 0 Å². The molecule has 126 valence electrons. The molecule has 0 saturated carbocycles. The Labute approximate surface area is 137 Å². The Morgan fingerprint density at radius 3 is 2.74 bits per heavy atom. The lowest BCUT2D eigenvalue weighted by atomic mass is 10.0. The molecule has 0 bridgehead atoms. The van der Waals surface area contributed by atoms with Gasteiger partial charge in [0, 0.05) is 12.6 Å². The molecular weight excluding hydrogens is 294 g/mol. The monoisotopic (exact) mass is 319 g/mol. The molecule has 3 saturated heterocycles. The van der Waals surface area contributed by atoms with Gasteiger partial charge in [0.1, 0.15) is 18.3 Å². The van der Waals surface area contributed by atoms with Gasteiger partial charge in [-0.2, -0.15) is 0 Å². The van der Waals surface area contributed by atoms with Crippen LogP contribution >= 0.6 is 0 Å². The fraction of sp³-hybridized carbons (Fsp3) is 0.667. The molecule has 3 heterocycles. The van der Waals surface area contributed by atoms with Crippen molar-refractivity contribution in [1.29, 1.82) is 0 Å². The molecule has 0 radical (unpaired) electrons. The molecule has 5 heteroatoms. The van der Waals surface area contributed by atoms with Gasteiger partial charge in [0.15, 0.2) is 12.1 Å². The number of likely N-dealkylation sites (tertiary alicyclic amines) is 1. The minimum atomic E-state index is -0.679. The normalized spacial score (nSPS) is 39.7. The van der Waals surface area contributed by atoms with Crippen LogP contribution in [0.15, 0.2) is 30.3 Å². The highest BCUT2D eigenvalue weighted by molar-refractivity contribution is 5.20. The van der Waals surface area contributed by atoms with Crippen molar-refractivity contribution in [2.45, 2.75) is 63.1 Å².